The molecule has 2 aromatic heterocycles. The fourth-order valence-electron chi connectivity index (χ4n) is 7.42. The van der Waals surface area contributed by atoms with Crippen LogP contribution in [0.25, 0.3) is 73.4 Å². The smallest absolute Gasteiger partial charge is 0.0540 e. The second kappa shape index (κ2) is 11.5. The Bertz CT molecular complexity index is 2810. The Morgan fingerprint density at radius 3 is 1.65 bits per heavy atom. The summed E-state index contributed by atoms with van der Waals surface area (Å²) in [6.07, 6.45) is 0. The van der Waals surface area contributed by atoms with Crippen LogP contribution in [0, 0.1) is 0 Å². The average Bonchev–Trinajstić information content (AvgIpc) is 3.74. The van der Waals surface area contributed by atoms with E-state index < -0.39 is 0 Å². The van der Waals surface area contributed by atoms with Crippen molar-refractivity contribution in [2.24, 2.45) is 0 Å². The molecule has 0 saturated carbocycles. The summed E-state index contributed by atoms with van der Waals surface area (Å²) in [6, 6.07) is 64.1. The first-order valence-corrected chi connectivity index (χ1v) is 18.2. The standard InChI is InChI=1S/C46H29NS2/c1-3-11-31(12-4-1)35-25-26-40(37-16-8-7-15-36(35)37)47(33-13-5-2-6-14-33)34-22-19-30(20-23-34)32-21-24-39-44(29-32)49-43-28-27-42-45(46(39)43)38-17-9-10-18-41(38)48-42/h1-29H. The number of fused-ring (bicyclic) bond motifs is 8. The fourth-order valence-corrected chi connectivity index (χ4v) is 9.68. The third-order valence-electron chi connectivity index (χ3n) is 9.68. The summed E-state index contributed by atoms with van der Waals surface area (Å²) in [5, 5.41) is 7.95. The van der Waals surface area contributed by atoms with E-state index in [9.17, 15) is 0 Å². The van der Waals surface area contributed by atoms with Crippen LogP contribution >= 0.6 is 22.7 Å². The van der Waals surface area contributed by atoms with Crippen molar-refractivity contribution in [2.45, 2.75) is 0 Å². The molecule has 10 rings (SSSR count). The molecule has 0 aliphatic carbocycles. The van der Waals surface area contributed by atoms with Gasteiger partial charge in [0, 0.05) is 57.1 Å². The summed E-state index contributed by atoms with van der Waals surface area (Å²) in [5.74, 6) is 0. The van der Waals surface area contributed by atoms with Crippen molar-refractivity contribution in [1.82, 2.24) is 0 Å². The molecule has 230 valence electrons. The van der Waals surface area contributed by atoms with Gasteiger partial charge < -0.3 is 4.90 Å². The third-order valence-corrected chi connectivity index (χ3v) is 11.9. The Labute approximate surface area is 292 Å². The van der Waals surface area contributed by atoms with Crippen LogP contribution in [0.2, 0.25) is 0 Å². The first kappa shape index (κ1) is 28.3. The molecule has 0 amide bonds. The van der Waals surface area contributed by atoms with E-state index in [1.54, 1.807) is 0 Å². The minimum absolute atomic E-state index is 1.13. The van der Waals surface area contributed by atoms with Crippen LogP contribution in [0.15, 0.2) is 176 Å². The predicted molar refractivity (Wildman–Crippen MR) is 215 cm³/mol. The van der Waals surface area contributed by atoms with Gasteiger partial charge in [-0.1, -0.05) is 121 Å². The summed E-state index contributed by atoms with van der Waals surface area (Å²) >= 11 is 3.79. The number of hydrogen-bond donors (Lipinski definition) is 0. The molecule has 10 aromatic rings. The first-order valence-electron chi connectivity index (χ1n) is 16.6. The van der Waals surface area contributed by atoms with E-state index in [2.05, 4.69) is 181 Å². The van der Waals surface area contributed by atoms with Gasteiger partial charge in [-0.25, -0.2) is 0 Å². The molecule has 8 aromatic carbocycles. The Morgan fingerprint density at radius 2 is 0.898 bits per heavy atom. The van der Waals surface area contributed by atoms with Gasteiger partial charge in [-0.15, -0.1) is 22.7 Å². The minimum atomic E-state index is 1.13. The lowest BCUT2D eigenvalue weighted by Crippen LogP contribution is -2.10. The average molecular weight is 660 g/mol. The van der Waals surface area contributed by atoms with E-state index in [1.165, 1.54) is 73.4 Å². The zero-order valence-electron chi connectivity index (χ0n) is 26.5. The van der Waals surface area contributed by atoms with Gasteiger partial charge in [-0.2, -0.15) is 0 Å². The Morgan fingerprint density at radius 1 is 0.327 bits per heavy atom. The van der Waals surface area contributed by atoms with Crippen molar-refractivity contribution in [2.75, 3.05) is 4.90 Å². The highest BCUT2D eigenvalue weighted by Gasteiger charge is 2.18. The molecular weight excluding hydrogens is 631 g/mol. The lowest BCUT2D eigenvalue weighted by molar-refractivity contribution is 1.30. The highest BCUT2D eigenvalue weighted by Crippen LogP contribution is 2.46. The molecular formula is C46H29NS2. The largest absolute Gasteiger partial charge is 0.310 e. The molecule has 0 saturated heterocycles. The Balaban J connectivity index is 1.08. The van der Waals surface area contributed by atoms with Gasteiger partial charge in [0.1, 0.15) is 0 Å². The predicted octanol–water partition coefficient (Wildman–Crippen LogP) is 14.4. The second-order valence-electron chi connectivity index (χ2n) is 12.5. The summed E-state index contributed by atoms with van der Waals surface area (Å²) in [6.45, 7) is 0. The molecule has 0 aliphatic heterocycles. The summed E-state index contributed by atoms with van der Waals surface area (Å²) < 4.78 is 5.39. The fraction of sp³-hybridized carbons (Fsp3) is 0. The van der Waals surface area contributed by atoms with Gasteiger partial charge >= 0.3 is 0 Å². The van der Waals surface area contributed by atoms with E-state index in [1.807, 2.05) is 22.7 Å². The van der Waals surface area contributed by atoms with Crippen molar-refractivity contribution in [3.05, 3.63) is 176 Å². The van der Waals surface area contributed by atoms with Crippen molar-refractivity contribution in [3.63, 3.8) is 0 Å². The lowest BCUT2D eigenvalue weighted by Gasteiger charge is -2.27. The number of para-hydroxylation sites is 1. The number of thiophene rings is 2. The van der Waals surface area contributed by atoms with Gasteiger partial charge in [-0.05, 0) is 82.2 Å². The van der Waals surface area contributed by atoms with Crippen LogP contribution in [0.5, 0.6) is 0 Å². The lowest BCUT2D eigenvalue weighted by atomic mass is 9.96. The van der Waals surface area contributed by atoms with E-state index in [0.717, 1.165) is 17.1 Å². The zero-order chi connectivity index (χ0) is 32.3. The molecule has 0 aliphatic rings. The molecule has 0 unspecified atom stereocenters. The van der Waals surface area contributed by atoms with E-state index >= 15 is 0 Å². The van der Waals surface area contributed by atoms with Crippen LogP contribution in [0.1, 0.15) is 0 Å². The number of anilines is 3. The van der Waals surface area contributed by atoms with E-state index in [0.29, 0.717) is 0 Å². The van der Waals surface area contributed by atoms with E-state index in [-0.39, 0.29) is 0 Å². The SMILES string of the molecule is c1ccc(-c2ccc(N(c3ccccc3)c3ccc(-c4ccc5c(c4)sc4ccc6sc7ccccc7c6c45)cc3)c3ccccc23)cc1. The number of hydrogen-bond acceptors (Lipinski definition) is 3. The van der Waals surface area contributed by atoms with Gasteiger partial charge in [0.2, 0.25) is 0 Å². The monoisotopic (exact) mass is 659 g/mol. The normalized spacial score (nSPS) is 11.7. The maximum atomic E-state index is 2.38. The highest BCUT2D eigenvalue weighted by molar-refractivity contribution is 7.28. The van der Waals surface area contributed by atoms with Crippen LogP contribution in [0.3, 0.4) is 0 Å². The van der Waals surface area contributed by atoms with Crippen LogP contribution in [-0.4, -0.2) is 0 Å². The van der Waals surface area contributed by atoms with Crippen LogP contribution in [0.4, 0.5) is 17.1 Å². The summed E-state index contributed by atoms with van der Waals surface area (Å²) in [4.78, 5) is 2.38. The molecule has 0 spiro atoms. The van der Waals surface area contributed by atoms with Crippen molar-refractivity contribution < 1.29 is 0 Å². The van der Waals surface area contributed by atoms with Crippen molar-refractivity contribution in [1.29, 1.82) is 0 Å². The molecule has 0 N–H and O–H groups in total. The van der Waals surface area contributed by atoms with Gasteiger partial charge in [0.05, 0.1) is 5.69 Å². The second-order valence-corrected chi connectivity index (χ2v) is 14.7. The van der Waals surface area contributed by atoms with Crippen molar-refractivity contribution >= 4 is 90.9 Å². The molecule has 0 atom stereocenters. The quantitative estimate of drug-likeness (QED) is 0.178. The zero-order valence-corrected chi connectivity index (χ0v) is 28.1. The summed E-state index contributed by atoms with van der Waals surface area (Å²) in [5.41, 5.74) is 8.34. The van der Waals surface area contributed by atoms with Gasteiger partial charge in [0.15, 0.2) is 0 Å². The molecule has 3 heteroatoms. The highest BCUT2D eigenvalue weighted by atomic mass is 32.1. The number of rotatable bonds is 5. The van der Waals surface area contributed by atoms with Gasteiger partial charge in [-0.3, -0.25) is 0 Å². The Hall–Kier alpha value is -5.74. The molecule has 0 bridgehead atoms. The third kappa shape index (κ3) is 4.66. The topological polar surface area (TPSA) is 3.24 Å². The minimum Gasteiger partial charge on any atom is -0.310 e. The maximum Gasteiger partial charge on any atom is 0.0540 e. The molecule has 1 nitrogen and oxygen atoms in total. The molecule has 49 heavy (non-hydrogen) atoms. The number of nitrogens with zero attached hydrogens (tertiary/aromatic N) is 1. The van der Waals surface area contributed by atoms with Crippen LogP contribution < -0.4 is 4.90 Å². The van der Waals surface area contributed by atoms with Crippen LogP contribution in [-0.2, 0) is 0 Å². The molecule has 0 fully saturated rings. The number of benzene rings is 8. The first-order chi connectivity index (χ1) is 24.3. The van der Waals surface area contributed by atoms with Crippen molar-refractivity contribution in [3.8, 4) is 22.3 Å². The van der Waals surface area contributed by atoms with Gasteiger partial charge in [0.25, 0.3) is 0 Å². The Kier molecular flexibility index (Phi) is 6.61. The molecule has 2 heterocycles. The molecule has 0 radical (unpaired) electrons. The maximum absolute atomic E-state index is 2.38. The summed E-state index contributed by atoms with van der Waals surface area (Å²) in [7, 11) is 0. The van der Waals surface area contributed by atoms with E-state index in [4.69, 9.17) is 0 Å².